The minimum absolute atomic E-state index is 0.143. The quantitative estimate of drug-likeness (QED) is 0.648. The Hall–Kier alpha value is -3.19. The Kier molecular flexibility index (Phi) is 6.28. The number of carbonyl (C=O) groups is 1. The van der Waals surface area contributed by atoms with E-state index in [1.165, 1.54) is 0 Å². The van der Waals surface area contributed by atoms with Crippen LogP contribution in [0.25, 0.3) is 11.1 Å². The van der Waals surface area contributed by atoms with E-state index in [4.69, 9.17) is 9.26 Å². The van der Waals surface area contributed by atoms with Crippen LogP contribution in [0.1, 0.15) is 47.0 Å². The van der Waals surface area contributed by atoms with Crippen LogP contribution in [-0.4, -0.2) is 41.3 Å². The topological polar surface area (TPSA) is 80.5 Å². The van der Waals surface area contributed by atoms with Crippen molar-refractivity contribution in [3.05, 3.63) is 64.8 Å². The second-order valence-corrected chi connectivity index (χ2v) is 8.65. The molecule has 1 aromatic carbocycles. The zero-order valence-corrected chi connectivity index (χ0v) is 19.3. The molecule has 1 amide bonds. The first kappa shape index (κ1) is 22.0. The molecule has 168 valence electrons. The molecule has 7 heteroatoms. The number of hydrogen-bond donors (Lipinski definition) is 1. The Labute approximate surface area is 188 Å². The van der Waals surface area contributed by atoms with E-state index in [0.717, 1.165) is 46.9 Å². The van der Waals surface area contributed by atoms with Crippen LogP contribution in [0.3, 0.4) is 0 Å². The lowest BCUT2D eigenvalue weighted by Gasteiger charge is -2.38. The molecule has 4 rings (SSSR count). The SMILES string of the molecule is Cc1cc(-c2ccc(N3CC(C)OC(C)C3)c(CNC(=O)c3cc(C)on3)c2)cc(C)n1. The normalized spacial score (nSPS) is 18.6. The molecule has 1 aliphatic rings. The molecule has 1 saturated heterocycles. The van der Waals surface area contributed by atoms with Gasteiger partial charge < -0.3 is 19.5 Å². The molecule has 0 bridgehead atoms. The number of carbonyl (C=O) groups excluding carboxylic acids is 1. The molecule has 32 heavy (non-hydrogen) atoms. The molecule has 0 spiro atoms. The fraction of sp³-hybridized carbons (Fsp3) is 0.400. The van der Waals surface area contributed by atoms with Crippen molar-refractivity contribution in [2.45, 2.75) is 53.4 Å². The van der Waals surface area contributed by atoms with Gasteiger partial charge in [-0.15, -0.1) is 0 Å². The van der Waals surface area contributed by atoms with Crippen LogP contribution in [0.15, 0.2) is 40.9 Å². The number of rotatable bonds is 5. The van der Waals surface area contributed by atoms with E-state index in [2.05, 4.69) is 64.5 Å². The van der Waals surface area contributed by atoms with Gasteiger partial charge in [-0.05, 0) is 75.6 Å². The maximum atomic E-state index is 12.6. The lowest BCUT2D eigenvalue weighted by Crippen LogP contribution is -2.46. The average Bonchev–Trinajstić information content (AvgIpc) is 3.17. The number of benzene rings is 1. The number of hydrogen-bond acceptors (Lipinski definition) is 6. The summed E-state index contributed by atoms with van der Waals surface area (Å²) in [6.45, 7) is 12.0. The molecule has 3 aromatic rings. The molecule has 0 radical (unpaired) electrons. The summed E-state index contributed by atoms with van der Waals surface area (Å²) in [5.41, 5.74) is 6.61. The highest BCUT2D eigenvalue weighted by Gasteiger charge is 2.24. The van der Waals surface area contributed by atoms with E-state index in [9.17, 15) is 4.79 Å². The van der Waals surface area contributed by atoms with Gasteiger partial charge in [-0.3, -0.25) is 9.78 Å². The summed E-state index contributed by atoms with van der Waals surface area (Å²) in [7, 11) is 0. The van der Waals surface area contributed by atoms with Crippen LogP contribution in [0.4, 0.5) is 5.69 Å². The van der Waals surface area contributed by atoms with Gasteiger partial charge in [0.15, 0.2) is 5.69 Å². The van der Waals surface area contributed by atoms with Crippen LogP contribution < -0.4 is 10.2 Å². The maximum absolute atomic E-state index is 12.6. The highest BCUT2D eigenvalue weighted by atomic mass is 16.5. The van der Waals surface area contributed by atoms with Crippen LogP contribution in [-0.2, 0) is 11.3 Å². The van der Waals surface area contributed by atoms with E-state index >= 15 is 0 Å². The zero-order chi connectivity index (χ0) is 22.8. The van der Waals surface area contributed by atoms with Crippen LogP contribution in [0.2, 0.25) is 0 Å². The Morgan fingerprint density at radius 1 is 1.03 bits per heavy atom. The lowest BCUT2D eigenvalue weighted by molar-refractivity contribution is -0.00527. The van der Waals surface area contributed by atoms with Gasteiger partial charge in [0.1, 0.15) is 5.76 Å². The third-order valence-corrected chi connectivity index (χ3v) is 5.55. The molecule has 2 unspecified atom stereocenters. The third kappa shape index (κ3) is 4.99. The second kappa shape index (κ2) is 9.12. The summed E-state index contributed by atoms with van der Waals surface area (Å²) in [5.74, 6) is 0.357. The van der Waals surface area contributed by atoms with Crippen molar-refractivity contribution in [2.75, 3.05) is 18.0 Å². The van der Waals surface area contributed by atoms with Crippen molar-refractivity contribution < 1.29 is 14.1 Å². The number of morpholine rings is 1. The highest BCUT2D eigenvalue weighted by Crippen LogP contribution is 2.30. The van der Waals surface area contributed by atoms with Gasteiger partial charge >= 0.3 is 0 Å². The smallest absolute Gasteiger partial charge is 0.273 e. The number of aromatic nitrogens is 2. The summed E-state index contributed by atoms with van der Waals surface area (Å²) in [5, 5.41) is 6.82. The molecule has 2 aromatic heterocycles. The summed E-state index contributed by atoms with van der Waals surface area (Å²) in [6, 6.07) is 12.2. The van der Waals surface area contributed by atoms with Gasteiger partial charge in [-0.2, -0.15) is 0 Å². The van der Waals surface area contributed by atoms with Gasteiger partial charge in [0.05, 0.1) is 12.2 Å². The van der Waals surface area contributed by atoms with Gasteiger partial charge in [-0.1, -0.05) is 11.2 Å². The maximum Gasteiger partial charge on any atom is 0.273 e. The number of ether oxygens (including phenoxy) is 1. The third-order valence-electron chi connectivity index (χ3n) is 5.55. The van der Waals surface area contributed by atoms with Crippen LogP contribution in [0, 0.1) is 20.8 Å². The molecule has 1 N–H and O–H groups in total. The molecule has 1 fully saturated rings. The Bertz CT molecular complexity index is 1090. The van der Waals surface area contributed by atoms with Crippen molar-refractivity contribution in [1.29, 1.82) is 0 Å². The minimum atomic E-state index is -0.252. The molecule has 0 saturated carbocycles. The number of anilines is 1. The van der Waals surface area contributed by atoms with Crippen molar-refractivity contribution in [3.8, 4) is 11.1 Å². The van der Waals surface area contributed by atoms with Crippen molar-refractivity contribution in [2.24, 2.45) is 0 Å². The molecule has 7 nitrogen and oxygen atoms in total. The summed E-state index contributed by atoms with van der Waals surface area (Å²) in [4.78, 5) is 19.4. The van der Waals surface area contributed by atoms with E-state index in [1.807, 2.05) is 13.8 Å². The molecular weight excluding hydrogens is 404 g/mol. The molecular formula is C25H30N4O3. The zero-order valence-electron chi connectivity index (χ0n) is 19.3. The van der Waals surface area contributed by atoms with E-state index in [1.54, 1.807) is 13.0 Å². The fourth-order valence-electron chi connectivity index (χ4n) is 4.33. The average molecular weight is 435 g/mol. The molecule has 1 aliphatic heterocycles. The molecule has 2 atom stereocenters. The monoisotopic (exact) mass is 434 g/mol. The first-order valence-electron chi connectivity index (χ1n) is 11.0. The molecule has 3 heterocycles. The van der Waals surface area contributed by atoms with Crippen molar-refractivity contribution in [1.82, 2.24) is 15.5 Å². The number of nitrogens with one attached hydrogen (secondary N) is 1. The highest BCUT2D eigenvalue weighted by molar-refractivity contribution is 5.92. The lowest BCUT2D eigenvalue weighted by atomic mass is 10.00. The summed E-state index contributed by atoms with van der Waals surface area (Å²) in [6.07, 6.45) is 0.286. The Morgan fingerprint density at radius 2 is 1.72 bits per heavy atom. The summed E-state index contributed by atoms with van der Waals surface area (Å²) < 4.78 is 11.0. The second-order valence-electron chi connectivity index (χ2n) is 8.65. The van der Waals surface area contributed by atoms with E-state index in [-0.39, 0.29) is 23.8 Å². The van der Waals surface area contributed by atoms with Crippen LogP contribution >= 0.6 is 0 Å². The number of aryl methyl sites for hydroxylation is 3. The predicted molar refractivity (Wildman–Crippen MR) is 124 cm³/mol. The Balaban J connectivity index is 1.66. The van der Waals surface area contributed by atoms with Gasteiger partial charge in [-0.25, -0.2) is 0 Å². The fourth-order valence-corrected chi connectivity index (χ4v) is 4.33. The standard InChI is InChI=1S/C25H30N4O3/c1-15-8-21(9-16(2)27-15)20-6-7-24(29-13-18(4)31-19(5)14-29)22(11-20)12-26-25(30)23-10-17(3)32-28-23/h6-11,18-19H,12-14H2,1-5H3,(H,26,30). The van der Waals surface area contributed by atoms with Gasteiger partial charge in [0.2, 0.25) is 0 Å². The van der Waals surface area contributed by atoms with Gasteiger partial charge in [0.25, 0.3) is 5.91 Å². The number of nitrogens with zero attached hydrogens (tertiary/aromatic N) is 3. The predicted octanol–water partition coefficient (Wildman–Crippen LogP) is 4.21. The van der Waals surface area contributed by atoms with Crippen molar-refractivity contribution in [3.63, 3.8) is 0 Å². The van der Waals surface area contributed by atoms with E-state index in [0.29, 0.717) is 12.3 Å². The van der Waals surface area contributed by atoms with Gasteiger partial charge in [0, 0.05) is 42.8 Å². The number of amides is 1. The van der Waals surface area contributed by atoms with E-state index < -0.39 is 0 Å². The largest absolute Gasteiger partial charge is 0.372 e. The minimum Gasteiger partial charge on any atom is -0.372 e. The first-order chi connectivity index (χ1) is 15.3. The van der Waals surface area contributed by atoms with Crippen molar-refractivity contribution >= 4 is 11.6 Å². The number of pyridine rings is 1. The molecule has 0 aliphatic carbocycles. The van der Waals surface area contributed by atoms with Crippen LogP contribution in [0.5, 0.6) is 0 Å². The summed E-state index contributed by atoms with van der Waals surface area (Å²) >= 11 is 0. The Morgan fingerprint density at radius 3 is 2.34 bits per heavy atom. The first-order valence-corrected chi connectivity index (χ1v) is 11.0.